The van der Waals surface area contributed by atoms with E-state index in [0.717, 1.165) is 11.1 Å². The van der Waals surface area contributed by atoms with E-state index in [9.17, 15) is 9.59 Å². The summed E-state index contributed by atoms with van der Waals surface area (Å²) in [5.41, 5.74) is 2.81. The Bertz CT molecular complexity index is 1010. The standard InChI is InChI=1S/C19H19N3O2S2/c1-3-9-22-18(24)17-15(8-10-25-17)21-19(22)26-12-16(23)20-11-14-7-5-4-6-13(14)2/h3-8,10H,1,9,11-12H2,2H3,(H,20,23). The Morgan fingerprint density at radius 1 is 1.38 bits per heavy atom. The third-order valence-electron chi connectivity index (χ3n) is 3.91. The number of hydrogen-bond donors (Lipinski definition) is 1. The van der Waals surface area contributed by atoms with Crippen LogP contribution in [0.3, 0.4) is 0 Å². The van der Waals surface area contributed by atoms with Gasteiger partial charge in [-0.2, -0.15) is 0 Å². The number of hydrogen-bond acceptors (Lipinski definition) is 5. The molecule has 0 aliphatic carbocycles. The SMILES string of the molecule is C=CCn1c(SCC(=O)NCc2ccccc2C)nc2ccsc2c1=O. The highest BCUT2D eigenvalue weighted by atomic mass is 32.2. The largest absolute Gasteiger partial charge is 0.351 e. The summed E-state index contributed by atoms with van der Waals surface area (Å²) in [5.74, 6) is 0.105. The van der Waals surface area contributed by atoms with Crippen molar-refractivity contribution < 1.29 is 4.79 Å². The molecule has 3 aromatic rings. The van der Waals surface area contributed by atoms with Gasteiger partial charge in [-0.25, -0.2) is 4.98 Å². The molecule has 0 radical (unpaired) electrons. The maximum absolute atomic E-state index is 12.6. The van der Waals surface area contributed by atoms with Gasteiger partial charge in [0.25, 0.3) is 5.56 Å². The molecule has 0 spiro atoms. The third kappa shape index (κ3) is 4.05. The topological polar surface area (TPSA) is 64.0 Å². The van der Waals surface area contributed by atoms with Crippen LogP contribution in [0.2, 0.25) is 0 Å². The van der Waals surface area contributed by atoms with Crippen LogP contribution in [0.15, 0.2) is 58.3 Å². The van der Waals surface area contributed by atoms with Crippen LogP contribution in [-0.2, 0) is 17.9 Å². The molecule has 26 heavy (non-hydrogen) atoms. The highest BCUT2D eigenvalue weighted by Gasteiger charge is 2.13. The van der Waals surface area contributed by atoms with Crippen molar-refractivity contribution in [1.29, 1.82) is 0 Å². The second kappa shape index (κ2) is 8.33. The van der Waals surface area contributed by atoms with Crippen LogP contribution in [0, 0.1) is 6.92 Å². The fraction of sp³-hybridized carbons (Fsp3) is 0.211. The molecule has 0 aliphatic heterocycles. The molecular formula is C19H19N3O2S2. The van der Waals surface area contributed by atoms with E-state index in [-0.39, 0.29) is 17.2 Å². The predicted octanol–water partition coefficient (Wildman–Crippen LogP) is 3.36. The van der Waals surface area contributed by atoms with E-state index in [0.29, 0.717) is 28.5 Å². The number of nitrogens with one attached hydrogen (secondary N) is 1. The van der Waals surface area contributed by atoms with Gasteiger partial charge in [0, 0.05) is 13.1 Å². The fourth-order valence-electron chi connectivity index (χ4n) is 2.51. The average Bonchev–Trinajstić information content (AvgIpc) is 3.11. The van der Waals surface area contributed by atoms with E-state index in [1.54, 1.807) is 10.6 Å². The van der Waals surface area contributed by atoms with Crippen molar-refractivity contribution in [2.45, 2.75) is 25.2 Å². The lowest BCUT2D eigenvalue weighted by Crippen LogP contribution is -2.26. The first-order valence-corrected chi connectivity index (χ1v) is 9.99. The molecule has 0 unspecified atom stereocenters. The van der Waals surface area contributed by atoms with Crippen LogP contribution in [-0.4, -0.2) is 21.2 Å². The molecule has 2 aromatic heterocycles. The zero-order valence-corrected chi connectivity index (χ0v) is 16.0. The molecule has 0 fully saturated rings. The van der Waals surface area contributed by atoms with Crippen molar-refractivity contribution >= 4 is 39.2 Å². The van der Waals surface area contributed by atoms with Crippen molar-refractivity contribution in [3.05, 3.63) is 69.8 Å². The molecule has 0 bridgehead atoms. The molecule has 0 atom stereocenters. The summed E-state index contributed by atoms with van der Waals surface area (Å²) in [5, 5.41) is 5.30. The van der Waals surface area contributed by atoms with Gasteiger partial charge in [-0.3, -0.25) is 14.2 Å². The number of aryl methyl sites for hydroxylation is 1. The van der Waals surface area contributed by atoms with Gasteiger partial charge in [0.15, 0.2) is 5.16 Å². The molecule has 0 aliphatic rings. The maximum atomic E-state index is 12.6. The summed E-state index contributed by atoms with van der Waals surface area (Å²) in [6.45, 7) is 6.57. The van der Waals surface area contributed by atoms with Gasteiger partial charge >= 0.3 is 0 Å². The van der Waals surface area contributed by atoms with Gasteiger partial charge < -0.3 is 5.32 Å². The maximum Gasteiger partial charge on any atom is 0.272 e. The molecule has 134 valence electrons. The number of nitrogens with zero attached hydrogens (tertiary/aromatic N) is 2. The van der Waals surface area contributed by atoms with Gasteiger partial charge in [0.05, 0.1) is 11.3 Å². The number of carbonyl (C=O) groups is 1. The Kier molecular flexibility index (Phi) is 5.90. The molecule has 0 saturated heterocycles. The van der Waals surface area contributed by atoms with E-state index < -0.39 is 0 Å². The van der Waals surface area contributed by atoms with Crippen LogP contribution < -0.4 is 10.9 Å². The molecule has 5 nitrogen and oxygen atoms in total. The lowest BCUT2D eigenvalue weighted by Gasteiger charge is -2.11. The predicted molar refractivity (Wildman–Crippen MR) is 108 cm³/mol. The second-order valence-electron chi connectivity index (χ2n) is 5.73. The minimum Gasteiger partial charge on any atom is -0.351 e. The van der Waals surface area contributed by atoms with Crippen LogP contribution in [0.4, 0.5) is 0 Å². The number of rotatable bonds is 7. The molecule has 3 rings (SSSR count). The summed E-state index contributed by atoms with van der Waals surface area (Å²) in [6.07, 6.45) is 1.66. The van der Waals surface area contributed by atoms with Crippen LogP contribution in [0.25, 0.3) is 10.2 Å². The Hall–Kier alpha value is -2.38. The number of aromatic nitrogens is 2. The number of thioether (sulfide) groups is 1. The zero-order valence-electron chi connectivity index (χ0n) is 14.4. The Morgan fingerprint density at radius 2 is 2.19 bits per heavy atom. The summed E-state index contributed by atoms with van der Waals surface area (Å²) in [7, 11) is 0. The Balaban J connectivity index is 1.69. The molecule has 0 saturated carbocycles. The van der Waals surface area contributed by atoms with E-state index >= 15 is 0 Å². The number of allylic oxidation sites excluding steroid dienone is 1. The average molecular weight is 386 g/mol. The fourth-order valence-corrected chi connectivity index (χ4v) is 4.12. The summed E-state index contributed by atoms with van der Waals surface area (Å²) in [4.78, 5) is 29.3. The highest BCUT2D eigenvalue weighted by Crippen LogP contribution is 2.20. The van der Waals surface area contributed by atoms with Gasteiger partial charge in [0.2, 0.25) is 5.91 Å². The minimum absolute atomic E-state index is 0.0901. The zero-order chi connectivity index (χ0) is 18.5. The minimum atomic E-state index is -0.0944. The van der Waals surface area contributed by atoms with Gasteiger partial charge in [-0.1, -0.05) is 42.1 Å². The normalized spacial score (nSPS) is 10.8. The first kappa shape index (κ1) is 18.4. The molecular weight excluding hydrogens is 366 g/mol. The van der Waals surface area contributed by atoms with Crippen LogP contribution >= 0.6 is 23.1 Å². The van der Waals surface area contributed by atoms with Crippen molar-refractivity contribution in [1.82, 2.24) is 14.9 Å². The first-order valence-electron chi connectivity index (χ1n) is 8.13. The van der Waals surface area contributed by atoms with Gasteiger partial charge in [0.1, 0.15) is 4.70 Å². The number of benzene rings is 1. The Labute approximate surface area is 159 Å². The number of amides is 1. The number of fused-ring (bicyclic) bond motifs is 1. The molecule has 1 amide bonds. The lowest BCUT2D eigenvalue weighted by atomic mass is 10.1. The first-order chi connectivity index (χ1) is 12.6. The number of thiophene rings is 1. The van der Waals surface area contributed by atoms with Gasteiger partial charge in [-0.15, -0.1) is 17.9 Å². The van der Waals surface area contributed by atoms with E-state index in [4.69, 9.17) is 0 Å². The molecule has 7 heteroatoms. The molecule has 1 N–H and O–H groups in total. The van der Waals surface area contributed by atoms with E-state index in [1.807, 2.05) is 42.6 Å². The quantitative estimate of drug-likeness (QED) is 0.385. The molecule has 1 aromatic carbocycles. The Morgan fingerprint density at radius 3 is 2.96 bits per heavy atom. The number of carbonyl (C=O) groups excluding carboxylic acids is 1. The van der Waals surface area contributed by atoms with E-state index in [1.165, 1.54) is 23.1 Å². The monoisotopic (exact) mass is 385 g/mol. The van der Waals surface area contributed by atoms with Crippen molar-refractivity contribution in [3.63, 3.8) is 0 Å². The third-order valence-corrected chi connectivity index (χ3v) is 5.78. The summed E-state index contributed by atoms with van der Waals surface area (Å²) < 4.78 is 2.19. The highest BCUT2D eigenvalue weighted by molar-refractivity contribution is 7.99. The summed E-state index contributed by atoms with van der Waals surface area (Å²) >= 11 is 2.64. The molecule has 2 heterocycles. The second-order valence-corrected chi connectivity index (χ2v) is 7.58. The van der Waals surface area contributed by atoms with Gasteiger partial charge in [-0.05, 0) is 29.5 Å². The van der Waals surface area contributed by atoms with E-state index in [2.05, 4.69) is 16.9 Å². The van der Waals surface area contributed by atoms with Crippen molar-refractivity contribution in [2.24, 2.45) is 0 Å². The smallest absolute Gasteiger partial charge is 0.272 e. The van der Waals surface area contributed by atoms with Crippen molar-refractivity contribution in [3.8, 4) is 0 Å². The van der Waals surface area contributed by atoms with Crippen molar-refractivity contribution in [2.75, 3.05) is 5.75 Å². The van der Waals surface area contributed by atoms with Crippen LogP contribution in [0.1, 0.15) is 11.1 Å². The lowest BCUT2D eigenvalue weighted by molar-refractivity contribution is -0.118. The van der Waals surface area contributed by atoms with Crippen LogP contribution in [0.5, 0.6) is 0 Å². The summed E-state index contributed by atoms with van der Waals surface area (Å²) in [6, 6.07) is 9.77.